The van der Waals surface area contributed by atoms with E-state index in [9.17, 15) is 9.59 Å². The standard InChI is InChI=1S/C17H14N2O3/c20-14-11-16(22-15-7-2-1-6-13(14)15)17(21)19-10-8-12-5-3-4-9-18-12/h1-7,9,11H,8,10H2,(H,19,21). The fraction of sp³-hybridized carbons (Fsp3) is 0.118. The van der Waals surface area contributed by atoms with Crippen LogP contribution in [0.15, 0.2) is 63.9 Å². The van der Waals surface area contributed by atoms with Crippen LogP contribution in [-0.2, 0) is 6.42 Å². The van der Waals surface area contributed by atoms with E-state index in [1.54, 1.807) is 30.5 Å². The van der Waals surface area contributed by atoms with Crippen LogP contribution in [0.5, 0.6) is 0 Å². The van der Waals surface area contributed by atoms with Crippen LogP contribution in [0.3, 0.4) is 0 Å². The summed E-state index contributed by atoms with van der Waals surface area (Å²) in [5.41, 5.74) is 1.07. The second-order valence-corrected chi connectivity index (χ2v) is 4.80. The van der Waals surface area contributed by atoms with Gasteiger partial charge in [0.2, 0.25) is 0 Å². The average Bonchev–Trinajstić information content (AvgIpc) is 2.56. The van der Waals surface area contributed by atoms with Crippen LogP contribution in [0.4, 0.5) is 0 Å². The zero-order valence-electron chi connectivity index (χ0n) is 11.8. The highest BCUT2D eigenvalue weighted by Crippen LogP contribution is 2.11. The van der Waals surface area contributed by atoms with Crippen LogP contribution in [0.25, 0.3) is 11.0 Å². The molecule has 110 valence electrons. The second-order valence-electron chi connectivity index (χ2n) is 4.80. The number of aromatic nitrogens is 1. The normalized spacial score (nSPS) is 10.5. The Bertz CT molecular complexity index is 856. The van der Waals surface area contributed by atoms with Gasteiger partial charge in [-0.25, -0.2) is 0 Å². The Morgan fingerprint density at radius 2 is 1.95 bits per heavy atom. The van der Waals surface area contributed by atoms with Gasteiger partial charge >= 0.3 is 0 Å². The number of nitrogens with zero attached hydrogens (tertiary/aromatic N) is 1. The Morgan fingerprint density at radius 3 is 2.77 bits per heavy atom. The first-order valence-electron chi connectivity index (χ1n) is 6.95. The Hall–Kier alpha value is -2.95. The van der Waals surface area contributed by atoms with E-state index in [0.29, 0.717) is 23.9 Å². The third-order valence-corrected chi connectivity index (χ3v) is 3.25. The summed E-state index contributed by atoms with van der Waals surface area (Å²) in [5.74, 6) is -0.386. The van der Waals surface area contributed by atoms with Gasteiger partial charge < -0.3 is 9.73 Å². The first-order valence-corrected chi connectivity index (χ1v) is 6.95. The molecule has 0 fully saturated rings. The summed E-state index contributed by atoms with van der Waals surface area (Å²) in [7, 11) is 0. The van der Waals surface area contributed by atoms with Crippen molar-refractivity contribution in [2.45, 2.75) is 6.42 Å². The van der Waals surface area contributed by atoms with Crippen LogP contribution in [-0.4, -0.2) is 17.4 Å². The van der Waals surface area contributed by atoms with Crippen LogP contribution < -0.4 is 10.7 Å². The van der Waals surface area contributed by atoms with Gasteiger partial charge in [-0.15, -0.1) is 0 Å². The van der Waals surface area contributed by atoms with E-state index in [1.165, 1.54) is 6.07 Å². The average molecular weight is 294 g/mol. The number of nitrogens with one attached hydrogen (secondary N) is 1. The first kappa shape index (κ1) is 14.0. The molecule has 3 rings (SSSR count). The van der Waals surface area contributed by atoms with Crippen molar-refractivity contribution in [2.24, 2.45) is 0 Å². The van der Waals surface area contributed by atoms with Crippen LogP contribution >= 0.6 is 0 Å². The summed E-state index contributed by atoms with van der Waals surface area (Å²) in [6.45, 7) is 0.423. The summed E-state index contributed by atoms with van der Waals surface area (Å²) < 4.78 is 5.48. The molecule has 0 atom stereocenters. The van der Waals surface area contributed by atoms with Crippen LogP contribution in [0, 0.1) is 0 Å². The van der Waals surface area contributed by atoms with E-state index >= 15 is 0 Å². The van der Waals surface area contributed by atoms with E-state index < -0.39 is 5.91 Å². The van der Waals surface area contributed by atoms with Gasteiger partial charge in [0.25, 0.3) is 5.91 Å². The Kier molecular flexibility index (Phi) is 3.96. The van der Waals surface area contributed by atoms with Gasteiger partial charge in [0.15, 0.2) is 11.2 Å². The lowest BCUT2D eigenvalue weighted by Crippen LogP contribution is -2.26. The number of rotatable bonds is 4. The minimum Gasteiger partial charge on any atom is -0.451 e. The molecule has 2 heterocycles. The smallest absolute Gasteiger partial charge is 0.287 e. The number of hydrogen-bond donors (Lipinski definition) is 1. The molecule has 0 unspecified atom stereocenters. The van der Waals surface area contributed by atoms with Gasteiger partial charge in [-0.1, -0.05) is 18.2 Å². The van der Waals surface area contributed by atoms with Gasteiger partial charge in [0.05, 0.1) is 5.39 Å². The summed E-state index contributed by atoms with van der Waals surface area (Å²) in [4.78, 5) is 28.2. The highest BCUT2D eigenvalue weighted by molar-refractivity contribution is 5.93. The molecule has 0 saturated carbocycles. The fourth-order valence-corrected chi connectivity index (χ4v) is 2.15. The summed E-state index contributed by atoms with van der Waals surface area (Å²) in [6.07, 6.45) is 2.32. The predicted octanol–water partition coefficient (Wildman–Crippen LogP) is 2.16. The molecule has 5 nitrogen and oxygen atoms in total. The summed E-state index contributed by atoms with van der Waals surface area (Å²) in [6, 6.07) is 13.7. The van der Waals surface area contributed by atoms with Crippen molar-refractivity contribution in [3.8, 4) is 0 Å². The minimum absolute atomic E-state index is 0.0183. The van der Waals surface area contributed by atoms with Crippen molar-refractivity contribution in [1.82, 2.24) is 10.3 Å². The maximum Gasteiger partial charge on any atom is 0.287 e. The summed E-state index contributed by atoms with van der Waals surface area (Å²) >= 11 is 0. The van der Waals surface area contributed by atoms with Crippen molar-refractivity contribution < 1.29 is 9.21 Å². The number of fused-ring (bicyclic) bond motifs is 1. The Morgan fingerprint density at radius 1 is 1.14 bits per heavy atom. The molecule has 2 aromatic heterocycles. The molecule has 1 aromatic carbocycles. The Labute approximate surface area is 126 Å². The number of carbonyl (C=O) groups is 1. The van der Waals surface area contributed by atoms with Crippen molar-refractivity contribution in [3.63, 3.8) is 0 Å². The minimum atomic E-state index is -0.404. The molecule has 0 radical (unpaired) electrons. The number of hydrogen-bond acceptors (Lipinski definition) is 4. The summed E-state index contributed by atoms with van der Waals surface area (Å²) in [5, 5.41) is 3.19. The maximum atomic E-state index is 12.1. The maximum absolute atomic E-state index is 12.1. The topological polar surface area (TPSA) is 72.2 Å². The molecule has 0 aliphatic carbocycles. The highest BCUT2D eigenvalue weighted by Gasteiger charge is 2.11. The van der Waals surface area contributed by atoms with Gasteiger partial charge in [0, 0.05) is 30.9 Å². The van der Waals surface area contributed by atoms with Crippen molar-refractivity contribution in [2.75, 3.05) is 6.54 Å². The van der Waals surface area contributed by atoms with E-state index in [1.807, 2.05) is 18.2 Å². The molecular formula is C17H14N2O3. The zero-order chi connectivity index (χ0) is 15.4. The van der Waals surface area contributed by atoms with Crippen LogP contribution in [0.2, 0.25) is 0 Å². The SMILES string of the molecule is O=C(NCCc1ccccn1)c1cc(=O)c2ccccc2o1. The zero-order valence-corrected chi connectivity index (χ0v) is 11.8. The molecule has 0 aliphatic rings. The third-order valence-electron chi connectivity index (χ3n) is 3.25. The molecule has 1 amide bonds. The number of para-hydroxylation sites is 1. The van der Waals surface area contributed by atoms with Gasteiger partial charge in [-0.3, -0.25) is 14.6 Å². The lowest BCUT2D eigenvalue weighted by Gasteiger charge is -2.05. The predicted molar refractivity (Wildman–Crippen MR) is 82.8 cm³/mol. The second kappa shape index (κ2) is 6.22. The monoisotopic (exact) mass is 294 g/mol. The number of benzene rings is 1. The fourth-order valence-electron chi connectivity index (χ4n) is 2.15. The van der Waals surface area contributed by atoms with Crippen LogP contribution in [0.1, 0.15) is 16.2 Å². The number of carbonyl (C=O) groups excluding carboxylic acids is 1. The van der Waals surface area contributed by atoms with Gasteiger partial charge in [-0.2, -0.15) is 0 Å². The lowest BCUT2D eigenvalue weighted by molar-refractivity contribution is 0.0927. The third kappa shape index (κ3) is 3.03. The molecule has 0 spiro atoms. The number of amides is 1. The van der Waals surface area contributed by atoms with Crippen molar-refractivity contribution in [3.05, 3.63) is 76.4 Å². The molecule has 22 heavy (non-hydrogen) atoms. The van der Waals surface area contributed by atoms with Gasteiger partial charge in [0.1, 0.15) is 5.58 Å². The molecule has 0 saturated heterocycles. The molecule has 0 bridgehead atoms. The van der Waals surface area contributed by atoms with E-state index in [-0.39, 0.29) is 11.2 Å². The van der Waals surface area contributed by atoms with Crippen molar-refractivity contribution >= 4 is 16.9 Å². The van der Waals surface area contributed by atoms with E-state index in [0.717, 1.165) is 5.69 Å². The molecular weight excluding hydrogens is 280 g/mol. The van der Waals surface area contributed by atoms with Gasteiger partial charge in [-0.05, 0) is 24.3 Å². The quantitative estimate of drug-likeness (QED) is 0.800. The molecule has 3 aromatic rings. The largest absolute Gasteiger partial charge is 0.451 e. The first-order chi connectivity index (χ1) is 10.7. The molecule has 1 N–H and O–H groups in total. The highest BCUT2D eigenvalue weighted by atomic mass is 16.3. The van der Waals surface area contributed by atoms with E-state index in [2.05, 4.69) is 10.3 Å². The Balaban J connectivity index is 1.71. The van der Waals surface area contributed by atoms with Crippen molar-refractivity contribution in [1.29, 1.82) is 0 Å². The lowest BCUT2D eigenvalue weighted by atomic mass is 10.2. The number of pyridine rings is 1. The molecule has 0 aliphatic heterocycles. The van der Waals surface area contributed by atoms with E-state index in [4.69, 9.17) is 4.42 Å². The molecule has 5 heteroatoms.